The van der Waals surface area contributed by atoms with Gasteiger partial charge in [0.25, 0.3) is 0 Å². The molecule has 1 fully saturated rings. The lowest BCUT2D eigenvalue weighted by molar-refractivity contribution is -0.133. The molecule has 0 unspecified atom stereocenters. The number of hydrogen-bond donors (Lipinski definition) is 2. The summed E-state index contributed by atoms with van der Waals surface area (Å²) in [7, 11) is 0. The minimum absolute atomic E-state index is 0.157. The van der Waals surface area contributed by atoms with Gasteiger partial charge >= 0.3 is 6.09 Å². The number of hydrogen-bond acceptors (Lipinski definition) is 5. The number of nitrogens with two attached hydrogens (primary N) is 1. The van der Waals surface area contributed by atoms with Crippen molar-refractivity contribution in [2.24, 2.45) is 11.7 Å². The molecule has 0 spiro atoms. The third-order valence-electron chi connectivity index (χ3n) is 6.14. The summed E-state index contributed by atoms with van der Waals surface area (Å²) in [6.45, 7) is 5.76. The van der Waals surface area contributed by atoms with E-state index in [4.69, 9.17) is 15.2 Å². The number of nitrogens with one attached hydrogen (secondary N) is 1. The second-order valence-electron chi connectivity index (χ2n) is 10.1. The van der Waals surface area contributed by atoms with E-state index in [1.165, 1.54) is 6.07 Å². The fourth-order valence-electron chi connectivity index (χ4n) is 4.18. The third-order valence-corrected chi connectivity index (χ3v) is 6.14. The molecule has 9 heteroatoms. The van der Waals surface area contributed by atoms with E-state index in [-0.39, 0.29) is 44.7 Å². The Balaban J connectivity index is 1.73. The lowest BCUT2D eigenvalue weighted by Gasteiger charge is -2.37. The number of carbonyl (C=O) groups is 3. The average molecular weight is 503 g/mol. The van der Waals surface area contributed by atoms with Crippen LogP contribution in [0, 0.1) is 17.6 Å². The number of rotatable bonds is 8. The van der Waals surface area contributed by atoms with Gasteiger partial charge in [-0.05, 0) is 56.0 Å². The lowest BCUT2D eigenvalue weighted by Crippen LogP contribution is -2.58. The van der Waals surface area contributed by atoms with Crippen molar-refractivity contribution in [2.75, 3.05) is 13.2 Å². The van der Waals surface area contributed by atoms with Gasteiger partial charge in [0.1, 0.15) is 11.1 Å². The molecule has 3 rings (SSSR count). The molecule has 2 amide bonds. The predicted octanol–water partition coefficient (Wildman–Crippen LogP) is 4.31. The molecule has 0 radical (unpaired) electrons. The largest absolute Gasteiger partial charge is 0.444 e. The normalized spacial score (nSPS) is 16.1. The Kier molecular flexibility index (Phi) is 8.45. The zero-order valence-electron chi connectivity index (χ0n) is 20.7. The Labute approximate surface area is 209 Å². The van der Waals surface area contributed by atoms with Gasteiger partial charge in [0, 0.05) is 38.4 Å². The fourth-order valence-corrected chi connectivity index (χ4v) is 4.18. The van der Waals surface area contributed by atoms with Crippen LogP contribution in [0.3, 0.4) is 0 Å². The Bertz CT molecular complexity index is 1110. The first kappa shape index (κ1) is 27.3. The van der Waals surface area contributed by atoms with Gasteiger partial charge in [-0.2, -0.15) is 0 Å². The van der Waals surface area contributed by atoms with Crippen molar-refractivity contribution < 1.29 is 32.6 Å². The van der Waals surface area contributed by atoms with Crippen LogP contribution in [0.25, 0.3) is 11.1 Å². The third kappa shape index (κ3) is 7.10. The van der Waals surface area contributed by atoms with E-state index in [0.717, 1.165) is 17.7 Å². The van der Waals surface area contributed by atoms with Gasteiger partial charge in [0.05, 0.1) is 0 Å². The molecular weight excluding hydrogens is 470 g/mol. The first-order chi connectivity index (χ1) is 16.9. The molecule has 3 N–H and O–H groups in total. The van der Waals surface area contributed by atoms with Crippen LogP contribution in [-0.4, -0.2) is 42.1 Å². The molecule has 0 bridgehead atoms. The summed E-state index contributed by atoms with van der Waals surface area (Å²) >= 11 is 0. The van der Waals surface area contributed by atoms with E-state index >= 15 is 0 Å². The van der Waals surface area contributed by atoms with E-state index in [9.17, 15) is 23.2 Å². The summed E-state index contributed by atoms with van der Waals surface area (Å²) < 4.78 is 37.5. The number of amides is 2. The van der Waals surface area contributed by atoms with Gasteiger partial charge in [-0.15, -0.1) is 0 Å². The number of benzene rings is 2. The van der Waals surface area contributed by atoms with Crippen LogP contribution in [-0.2, 0) is 25.5 Å². The number of ether oxygens (including phenoxy) is 2. The van der Waals surface area contributed by atoms with E-state index in [1.807, 2.05) is 0 Å². The molecule has 1 saturated heterocycles. The maximum absolute atomic E-state index is 13.6. The summed E-state index contributed by atoms with van der Waals surface area (Å²) in [4.78, 5) is 38.1. The summed E-state index contributed by atoms with van der Waals surface area (Å²) in [6, 6.07) is 10.6. The molecule has 2 aromatic rings. The quantitative estimate of drug-likeness (QED) is 0.559. The summed E-state index contributed by atoms with van der Waals surface area (Å²) in [6.07, 6.45) is -0.131. The van der Waals surface area contributed by atoms with Crippen molar-refractivity contribution in [3.63, 3.8) is 0 Å². The highest BCUT2D eigenvalue weighted by Crippen LogP contribution is 2.28. The maximum Gasteiger partial charge on any atom is 0.408 e. The zero-order chi connectivity index (χ0) is 26.5. The first-order valence-electron chi connectivity index (χ1n) is 11.8. The summed E-state index contributed by atoms with van der Waals surface area (Å²) in [5.74, 6) is -3.60. The monoisotopic (exact) mass is 502 g/mol. The first-order valence-corrected chi connectivity index (χ1v) is 11.8. The van der Waals surface area contributed by atoms with Gasteiger partial charge in [-0.3, -0.25) is 9.59 Å². The number of Topliss-reactive ketones (excluding diaryl/α,β-unsaturated/α-hetero) is 1. The Morgan fingerprint density at radius 2 is 1.64 bits per heavy atom. The van der Waals surface area contributed by atoms with E-state index in [2.05, 4.69) is 5.32 Å². The van der Waals surface area contributed by atoms with Crippen LogP contribution in [0.15, 0.2) is 42.5 Å². The highest BCUT2D eigenvalue weighted by Gasteiger charge is 2.43. The second-order valence-corrected chi connectivity index (χ2v) is 10.1. The number of ketones is 1. The Morgan fingerprint density at radius 1 is 1.03 bits per heavy atom. The molecule has 1 aliphatic rings. The van der Waals surface area contributed by atoms with Gasteiger partial charge in [0.2, 0.25) is 5.91 Å². The van der Waals surface area contributed by atoms with Crippen molar-refractivity contribution in [3.8, 4) is 11.1 Å². The fraction of sp³-hybridized carbons (Fsp3) is 0.444. The molecule has 0 aromatic heterocycles. The summed E-state index contributed by atoms with van der Waals surface area (Å²) in [5, 5.41) is 2.73. The smallest absolute Gasteiger partial charge is 0.408 e. The molecule has 1 aliphatic heterocycles. The minimum Gasteiger partial charge on any atom is -0.444 e. The van der Waals surface area contributed by atoms with E-state index < -0.39 is 40.7 Å². The van der Waals surface area contributed by atoms with Gasteiger partial charge in [-0.25, -0.2) is 13.6 Å². The topological polar surface area (TPSA) is 108 Å². The standard InChI is InChI=1S/C27H32F2N2O5/c1-26(2,3)36-25(34)31-27(10-12-35-13-11-27)23(32)16-20(24(30)33)14-17-4-6-18(7-5-17)19-8-9-21(28)22(29)15-19/h4-9,15,20H,10-14,16H2,1-3H3,(H2,30,33)(H,31,34)/t20-/m1/s1. The maximum atomic E-state index is 13.6. The summed E-state index contributed by atoms with van der Waals surface area (Å²) in [5.41, 5.74) is 5.63. The van der Waals surface area contributed by atoms with Crippen LogP contribution in [0.5, 0.6) is 0 Å². The van der Waals surface area contributed by atoms with Crippen LogP contribution in [0.4, 0.5) is 13.6 Å². The average Bonchev–Trinajstić information content (AvgIpc) is 2.80. The van der Waals surface area contributed by atoms with Crippen LogP contribution < -0.4 is 11.1 Å². The lowest BCUT2D eigenvalue weighted by atomic mass is 9.80. The van der Waals surface area contributed by atoms with Crippen LogP contribution >= 0.6 is 0 Å². The molecule has 7 nitrogen and oxygen atoms in total. The van der Waals surface area contributed by atoms with Crippen molar-refractivity contribution >= 4 is 17.8 Å². The number of halogens is 2. The highest BCUT2D eigenvalue weighted by atomic mass is 19.2. The zero-order valence-corrected chi connectivity index (χ0v) is 20.7. The molecule has 1 heterocycles. The predicted molar refractivity (Wildman–Crippen MR) is 130 cm³/mol. The molecule has 0 aliphatic carbocycles. The van der Waals surface area contributed by atoms with Crippen molar-refractivity contribution in [3.05, 3.63) is 59.7 Å². The molecular formula is C27H32F2N2O5. The molecule has 194 valence electrons. The van der Waals surface area contributed by atoms with Crippen LogP contribution in [0.1, 0.15) is 45.6 Å². The number of carbonyl (C=O) groups excluding carboxylic acids is 3. The van der Waals surface area contributed by atoms with Crippen molar-refractivity contribution in [2.45, 2.75) is 57.6 Å². The van der Waals surface area contributed by atoms with E-state index in [0.29, 0.717) is 11.1 Å². The van der Waals surface area contributed by atoms with Crippen molar-refractivity contribution in [1.82, 2.24) is 5.32 Å². The molecule has 36 heavy (non-hydrogen) atoms. The number of alkyl carbamates (subject to hydrolysis) is 1. The number of primary amides is 1. The minimum atomic E-state index is -1.20. The van der Waals surface area contributed by atoms with Crippen LogP contribution in [0.2, 0.25) is 0 Å². The molecule has 2 aromatic carbocycles. The van der Waals surface area contributed by atoms with E-state index in [1.54, 1.807) is 45.0 Å². The van der Waals surface area contributed by atoms with Gasteiger partial charge in [-0.1, -0.05) is 30.3 Å². The van der Waals surface area contributed by atoms with Gasteiger partial charge < -0.3 is 20.5 Å². The SMILES string of the molecule is CC(C)(C)OC(=O)NC1(C(=O)C[C@@H](Cc2ccc(-c3ccc(F)c(F)c3)cc2)C(N)=O)CCOCC1. The second kappa shape index (κ2) is 11.2. The highest BCUT2D eigenvalue weighted by molar-refractivity contribution is 5.94. The molecule has 1 atom stereocenters. The van der Waals surface area contributed by atoms with Gasteiger partial charge in [0.15, 0.2) is 17.4 Å². The Morgan fingerprint density at radius 3 is 2.19 bits per heavy atom. The Hall–Kier alpha value is -3.33. The molecule has 0 saturated carbocycles. The van der Waals surface area contributed by atoms with Crippen molar-refractivity contribution in [1.29, 1.82) is 0 Å².